The Kier molecular flexibility index (Phi) is 4.85. The molecule has 90 valence electrons. The molecule has 0 aliphatic carbocycles. The lowest BCUT2D eigenvalue weighted by Gasteiger charge is -2.11. The molecule has 0 saturated heterocycles. The maximum absolute atomic E-state index is 11.4. The molecule has 0 heterocycles. The molecule has 0 bridgehead atoms. The molecule has 0 saturated carbocycles. The highest BCUT2D eigenvalue weighted by Gasteiger charge is 2.16. The number of esters is 1. The Morgan fingerprint density at radius 2 is 2.24 bits per heavy atom. The van der Waals surface area contributed by atoms with Crippen LogP contribution < -0.4 is 4.74 Å². The van der Waals surface area contributed by atoms with Crippen LogP contribution in [0.15, 0.2) is 17.0 Å². The van der Waals surface area contributed by atoms with Crippen LogP contribution in [0, 0.1) is 11.3 Å². The van der Waals surface area contributed by atoms with Crippen LogP contribution in [-0.2, 0) is 16.0 Å². The summed E-state index contributed by atoms with van der Waals surface area (Å²) >= 11 is 4.18. The number of benzene rings is 1. The molecule has 0 amide bonds. The van der Waals surface area contributed by atoms with Crippen LogP contribution in [0.5, 0.6) is 5.75 Å². The van der Waals surface area contributed by atoms with E-state index in [4.69, 9.17) is 14.7 Å². The largest absolute Gasteiger partial charge is 0.496 e. The predicted molar refractivity (Wildman–Crippen MR) is 65.3 cm³/mol. The van der Waals surface area contributed by atoms with Crippen molar-refractivity contribution in [2.45, 2.75) is 18.2 Å². The first-order chi connectivity index (χ1) is 8.13. The smallest absolute Gasteiger partial charge is 0.310 e. The molecule has 0 fully saturated rings. The molecule has 0 aromatic heterocycles. The van der Waals surface area contributed by atoms with E-state index in [9.17, 15) is 4.79 Å². The second-order valence-electron chi connectivity index (χ2n) is 3.23. The predicted octanol–water partition coefficient (Wildman–Crippen LogP) is 1.96. The average molecular weight is 251 g/mol. The van der Waals surface area contributed by atoms with Crippen LogP contribution in [0.1, 0.15) is 18.1 Å². The Balaban J connectivity index is 3.15. The van der Waals surface area contributed by atoms with Crippen molar-refractivity contribution >= 4 is 18.6 Å². The topological polar surface area (TPSA) is 59.3 Å². The average Bonchev–Trinajstić information content (AvgIpc) is 2.30. The first kappa shape index (κ1) is 13.4. The number of methoxy groups -OCH3 is 1. The van der Waals surface area contributed by atoms with Gasteiger partial charge in [-0.25, -0.2) is 0 Å². The van der Waals surface area contributed by atoms with Crippen molar-refractivity contribution < 1.29 is 14.3 Å². The number of thiol groups is 1. The van der Waals surface area contributed by atoms with Crippen LogP contribution in [0.2, 0.25) is 0 Å². The molecule has 4 nitrogen and oxygen atoms in total. The molecular weight excluding hydrogens is 238 g/mol. The number of carbonyl (C=O) groups is 1. The number of rotatable bonds is 4. The maximum Gasteiger partial charge on any atom is 0.310 e. The molecule has 0 aliphatic heterocycles. The lowest BCUT2D eigenvalue weighted by Crippen LogP contribution is -2.10. The Hall–Kier alpha value is -1.67. The Morgan fingerprint density at radius 3 is 2.76 bits per heavy atom. The molecule has 1 aromatic carbocycles. The fourth-order valence-corrected chi connectivity index (χ4v) is 1.72. The third-order valence-corrected chi connectivity index (χ3v) is 2.58. The van der Waals surface area contributed by atoms with Crippen molar-refractivity contribution in [2.75, 3.05) is 13.7 Å². The van der Waals surface area contributed by atoms with E-state index < -0.39 is 0 Å². The zero-order valence-electron chi connectivity index (χ0n) is 9.69. The summed E-state index contributed by atoms with van der Waals surface area (Å²) in [6.07, 6.45) is 0.00824. The molecule has 1 aromatic rings. The minimum atomic E-state index is -0.388. The van der Waals surface area contributed by atoms with Crippen LogP contribution in [0.4, 0.5) is 0 Å². The van der Waals surface area contributed by atoms with Crippen LogP contribution >= 0.6 is 12.6 Å². The Morgan fingerprint density at radius 1 is 1.53 bits per heavy atom. The molecule has 0 N–H and O–H groups in total. The molecule has 5 heteroatoms. The van der Waals surface area contributed by atoms with Gasteiger partial charge in [0.1, 0.15) is 11.8 Å². The minimum Gasteiger partial charge on any atom is -0.496 e. The van der Waals surface area contributed by atoms with E-state index in [1.165, 1.54) is 7.11 Å². The summed E-state index contributed by atoms with van der Waals surface area (Å²) in [7, 11) is 1.49. The van der Waals surface area contributed by atoms with Gasteiger partial charge in [-0.05, 0) is 19.1 Å². The highest BCUT2D eigenvalue weighted by atomic mass is 32.1. The number of nitrogens with zero attached hydrogens (tertiary/aromatic N) is 1. The van der Waals surface area contributed by atoms with Gasteiger partial charge in [-0.1, -0.05) is 0 Å². The fraction of sp³-hybridized carbons (Fsp3) is 0.333. The van der Waals surface area contributed by atoms with E-state index in [2.05, 4.69) is 12.6 Å². The lowest BCUT2D eigenvalue weighted by atomic mass is 10.0. The van der Waals surface area contributed by atoms with E-state index in [1.807, 2.05) is 6.07 Å². The molecule has 1 rings (SSSR count). The number of hydrogen-bond acceptors (Lipinski definition) is 5. The summed E-state index contributed by atoms with van der Waals surface area (Å²) in [6.45, 7) is 2.04. The van der Waals surface area contributed by atoms with Gasteiger partial charge in [0, 0.05) is 10.5 Å². The van der Waals surface area contributed by atoms with Crippen LogP contribution in [0.25, 0.3) is 0 Å². The van der Waals surface area contributed by atoms with Crippen molar-refractivity contribution in [1.29, 1.82) is 5.26 Å². The summed E-state index contributed by atoms with van der Waals surface area (Å²) in [5.74, 6) is 0.105. The Bertz CT molecular complexity index is 466. The molecular formula is C12H13NO3S. The number of carbonyl (C=O) groups excluding carboxylic acids is 1. The van der Waals surface area contributed by atoms with Crippen LogP contribution in [-0.4, -0.2) is 19.7 Å². The van der Waals surface area contributed by atoms with Crippen molar-refractivity contribution in [2.24, 2.45) is 0 Å². The van der Waals surface area contributed by atoms with Crippen molar-refractivity contribution in [3.63, 3.8) is 0 Å². The normalized spacial score (nSPS) is 9.53. The van der Waals surface area contributed by atoms with Crippen LogP contribution in [0.3, 0.4) is 0 Å². The molecule has 0 radical (unpaired) electrons. The second kappa shape index (κ2) is 6.16. The molecule has 0 aliphatic rings. The van der Waals surface area contributed by atoms with Gasteiger partial charge in [-0.3, -0.25) is 4.79 Å². The second-order valence-corrected chi connectivity index (χ2v) is 3.72. The zero-order valence-corrected chi connectivity index (χ0v) is 10.6. The first-order valence-electron chi connectivity index (χ1n) is 5.08. The van der Waals surface area contributed by atoms with Gasteiger partial charge in [0.15, 0.2) is 0 Å². The highest BCUT2D eigenvalue weighted by molar-refractivity contribution is 7.80. The molecule has 0 atom stereocenters. The molecule has 0 unspecified atom stereocenters. The highest BCUT2D eigenvalue weighted by Crippen LogP contribution is 2.27. The number of hydrogen-bond donors (Lipinski definition) is 1. The number of ether oxygens (including phenoxy) is 2. The SMILES string of the molecule is CCOC(=O)Cc1c(OC)ccc(S)c1C#N. The third kappa shape index (κ3) is 3.14. The van der Waals surface area contributed by atoms with Gasteiger partial charge in [0.25, 0.3) is 0 Å². The summed E-state index contributed by atoms with van der Waals surface area (Å²) < 4.78 is 9.98. The monoisotopic (exact) mass is 251 g/mol. The van der Waals surface area contributed by atoms with Crippen molar-refractivity contribution in [3.05, 3.63) is 23.3 Å². The molecule has 17 heavy (non-hydrogen) atoms. The van der Waals surface area contributed by atoms with E-state index in [0.29, 0.717) is 28.4 Å². The minimum absolute atomic E-state index is 0.00824. The summed E-state index contributed by atoms with van der Waals surface area (Å²) in [6, 6.07) is 5.36. The van der Waals surface area contributed by atoms with Gasteiger partial charge in [0.05, 0.1) is 25.7 Å². The van der Waals surface area contributed by atoms with E-state index in [0.717, 1.165) is 0 Å². The van der Waals surface area contributed by atoms with Gasteiger partial charge in [-0.2, -0.15) is 5.26 Å². The fourth-order valence-electron chi connectivity index (χ4n) is 1.46. The van der Waals surface area contributed by atoms with Gasteiger partial charge in [0.2, 0.25) is 0 Å². The summed E-state index contributed by atoms with van der Waals surface area (Å²) in [5.41, 5.74) is 0.863. The standard InChI is InChI=1S/C12H13NO3S/c1-3-16-12(14)6-8-9(7-13)11(17)5-4-10(8)15-2/h4-5,17H,3,6H2,1-2H3. The maximum atomic E-state index is 11.4. The van der Waals surface area contributed by atoms with E-state index >= 15 is 0 Å². The Labute approximate surface area is 106 Å². The quantitative estimate of drug-likeness (QED) is 0.656. The molecule has 0 spiro atoms. The summed E-state index contributed by atoms with van der Waals surface area (Å²) in [4.78, 5) is 12.0. The van der Waals surface area contributed by atoms with E-state index in [1.54, 1.807) is 19.1 Å². The summed E-state index contributed by atoms with van der Waals surface area (Å²) in [5, 5.41) is 9.06. The van der Waals surface area contributed by atoms with Gasteiger partial charge < -0.3 is 9.47 Å². The van der Waals surface area contributed by atoms with Gasteiger partial charge in [-0.15, -0.1) is 12.6 Å². The van der Waals surface area contributed by atoms with Crippen molar-refractivity contribution in [1.82, 2.24) is 0 Å². The lowest BCUT2D eigenvalue weighted by molar-refractivity contribution is -0.142. The third-order valence-electron chi connectivity index (χ3n) is 2.21. The van der Waals surface area contributed by atoms with Gasteiger partial charge >= 0.3 is 5.97 Å². The van der Waals surface area contributed by atoms with Crippen molar-refractivity contribution in [3.8, 4) is 11.8 Å². The first-order valence-corrected chi connectivity index (χ1v) is 5.53. The zero-order chi connectivity index (χ0) is 12.8. The van der Waals surface area contributed by atoms with E-state index in [-0.39, 0.29) is 12.4 Å². The number of nitriles is 1.